The number of aliphatic hydroxyl groups is 1. The zero-order valence-electron chi connectivity index (χ0n) is 11.9. The summed E-state index contributed by atoms with van der Waals surface area (Å²) in [6.45, 7) is 0.684. The molecular weight excluding hydrogens is 292 g/mol. The molecular formula is C14H20N2O4S. The van der Waals surface area contributed by atoms with Crippen molar-refractivity contribution < 1.29 is 18.3 Å². The van der Waals surface area contributed by atoms with Gasteiger partial charge in [-0.05, 0) is 25.0 Å². The van der Waals surface area contributed by atoms with E-state index in [4.69, 9.17) is 9.88 Å². The molecule has 0 radical (unpaired) electrons. The predicted octanol–water partition coefficient (Wildman–Crippen LogP) is 0.692. The summed E-state index contributed by atoms with van der Waals surface area (Å²) >= 11 is 0. The van der Waals surface area contributed by atoms with Gasteiger partial charge >= 0.3 is 0 Å². The first kappa shape index (κ1) is 14.6. The summed E-state index contributed by atoms with van der Waals surface area (Å²) in [5.74, 6) is 0.609. The molecule has 1 heterocycles. The zero-order chi connectivity index (χ0) is 15.2. The first-order valence-corrected chi connectivity index (χ1v) is 8.63. The third kappa shape index (κ3) is 2.73. The Balaban J connectivity index is 1.92. The maximum absolute atomic E-state index is 11.5. The highest BCUT2D eigenvalue weighted by atomic mass is 32.2. The van der Waals surface area contributed by atoms with Gasteiger partial charge in [0.15, 0.2) is 0 Å². The van der Waals surface area contributed by atoms with Crippen LogP contribution in [0.2, 0.25) is 0 Å². The van der Waals surface area contributed by atoms with E-state index in [1.165, 1.54) is 12.1 Å². The molecule has 1 aliphatic carbocycles. The van der Waals surface area contributed by atoms with Crippen LogP contribution in [0.5, 0.6) is 5.75 Å². The van der Waals surface area contributed by atoms with Crippen LogP contribution in [0.4, 0.5) is 5.69 Å². The lowest BCUT2D eigenvalue weighted by Crippen LogP contribution is -2.44. The quantitative estimate of drug-likeness (QED) is 0.838. The molecule has 6 nitrogen and oxygen atoms in total. The molecule has 0 bridgehead atoms. The number of anilines is 1. The number of hydrogen-bond acceptors (Lipinski definition) is 5. The molecule has 0 aromatic heterocycles. The predicted molar refractivity (Wildman–Crippen MR) is 78.8 cm³/mol. The van der Waals surface area contributed by atoms with Gasteiger partial charge < -0.3 is 14.7 Å². The Bertz CT molecular complexity index is 646. The smallest absolute Gasteiger partial charge is 0.238 e. The van der Waals surface area contributed by atoms with Crippen LogP contribution in [0.15, 0.2) is 23.1 Å². The summed E-state index contributed by atoms with van der Waals surface area (Å²) in [5, 5.41) is 15.2. The average Bonchev–Trinajstić information content (AvgIpc) is 2.83. The van der Waals surface area contributed by atoms with Gasteiger partial charge in [0, 0.05) is 19.0 Å². The second-order valence-corrected chi connectivity index (χ2v) is 7.43. The van der Waals surface area contributed by atoms with Gasteiger partial charge in [-0.1, -0.05) is 6.42 Å². The number of ether oxygens (including phenoxy) is 1. The monoisotopic (exact) mass is 312 g/mol. The standard InChI is InChI=1S/C14H20N2O4S/c1-16-8-14(10-3-2-4-12(10)17)20-13-7-9(21(15,18)19)5-6-11(13)16/h5-7,10,12,14,17H,2-4,8H2,1H3,(H2,15,18,19)/t10-,12+,14?/m1/s1. The lowest BCUT2D eigenvalue weighted by molar-refractivity contribution is 0.0455. The number of hydrogen-bond donors (Lipinski definition) is 2. The van der Waals surface area contributed by atoms with Gasteiger partial charge in [-0.3, -0.25) is 0 Å². The van der Waals surface area contributed by atoms with Crippen molar-refractivity contribution in [2.24, 2.45) is 11.1 Å². The Morgan fingerprint density at radius 1 is 1.38 bits per heavy atom. The van der Waals surface area contributed by atoms with Crippen molar-refractivity contribution >= 4 is 15.7 Å². The molecule has 7 heteroatoms. The second kappa shape index (κ2) is 5.15. The van der Waals surface area contributed by atoms with Gasteiger partial charge in [0.05, 0.1) is 23.2 Å². The minimum atomic E-state index is -3.75. The fourth-order valence-corrected chi connectivity index (χ4v) is 3.80. The molecule has 3 rings (SSSR count). The van der Waals surface area contributed by atoms with Gasteiger partial charge in [-0.25, -0.2) is 13.6 Å². The highest BCUT2D eigenvalue weighted by molar-refractivity contribution is 7.89. The van der Waals surface area contributed by atoms with E-state index in [1.54, 1.807) is 6.07 Å². The lowest BCUT2D eigenvalue weighted by Gasteiger charge is -2.37. The molecule has 21 heavy (non-hydrogen) atoms. The maximum Gasteiger partial charge on any atom is 0.238 e. The molecule has 3 N–H and O–H groups in total. The van der Waals surface area contributed by atoms with Crippen molar-refractivity contribution in [2.75, 3.05) is 18.5 Å². The van der Waals surface area contributed by atoms with Crippen molar-refractivity contribution in [1.82, 2.24) is 0 Å². The molecule has 1 saturated carbocycles. The number of sulfonamides is 1. The van der Waals surface area contributed by atoms with E-state index in [9.17, 15) is 13.5 Å². The van der Waals surface area contributed by atoms with Crippen LogP contribution in [0.3, 0.4) is 0 Å². The van der Waals surface area contributed by atoms with Gasteiger partial charge in [0.2, 0.25) is 10.0 Å². The Morgan fingerprint density at radius 2 is 2.14 bits per heavy atom. The molecule has 1 fully saturated rings. The SMILES string of the molecule is CN1CC([C@@H]2CCC[C@@H]2O)Oc2cc(S(N)(=O)=O)ccc21. The lowest BCUT2D eigenvalue weighted by atomic mass is 9.96. The number of likely N-dealkylation sites (N-methyl/N-ethyl adjacent to an activating group) is 1. The van der Waals surface area contributed by atoms with Crippen molar-refractivity contribution in [3.05, 3.63) is 18.2 Å². The molecule has 0 spiro atoms. The fourth-order valence-electron chi connectivity index (χ4n) is 3.28. The minimum absolute atomic E-state index is 0.0438. The Kier molecular flexibility index (Phi) is 3.59. The van der Waals surface area contributed by atoms with E-state index >= 15 is 0 Å². The number of rotatable bonds is 2. The summed E-state index contributed by atoms with van der Waals surface area (Å²) in [7, 11) is -1.81. The van der Waals surface area contributed by atoms with E-state index < -0.39 is 10.0 Å². The number of nitrogens with zero attached hydrogens (tertiary/aromatic N) is 1. The van der Waals surface area contributed by atoms with Gasteiger partial charge in [0.1, 0.15) is 11.9 Å². The zero-order valence-corrected chi connectivity index (χ0v) is 12.7. The van der Waals surface area contributed by atoms with E-state index in [1.807, 2.05) is 11.9 Å². The van der Waals surface area contributed by atoms with Crippen LogP contribution in [0, 0.1) is 5.92 Å². The van der Waals surface area contributed by atoms with Crippen LogP contribution >= 0.6 is 0 Å². The van der Waals surface area contributed by atoms with Gasteiger partial charge in [-0.15, -0.1) is 0 Å². The molecule has 3 atom stereocenters. The number of primary sulfonamides is 1. The van der Waals surface area contributed by atoms with E-state index in [2.05, 4.69) is 0 Å². The van der Waals surface area contributed by atoms with Crippen LogP contribution in [-0.4, -0.2) is 39.3 Å². The van der Waals surface area contributed by atoms with Crippen molar-refractivity contribution in [3.63, 3.8) is 0 Å². The van der Waals surface area contributed by atoms with Crippen LogP contribution in [-0.2, 0) is 10.0 Å². The molecule has 0 saturated heterocycles. The molecule has 2 aliphatic rings. The van der Waals surface area contributed by atoms with Crippen molar-refractivity contribution in [3.8, 4) is 5.75 Å². The van der Waals surface area contributed by atoms with Gasteiger partial charge in [0.25, 0.3) is 0 Å². The van der Waals surface area contributed by atoms with Crippen LogP contribution < -0.4 is 14.8 Å². The summed E-state index contributed by atoms with van der Waals surface area (Å²) in [6.07, 6.45) is 2.27. The second-order valence-electron chi connectivity index (χ2n) is 5.87. The molecule has 1 aromatic carbocycles. The first-order chi connectivity index (χ1) is 9.86. The number of benzene rings is 1. The maximum atomic E-state index is 11.5. The third-order valence-corrected chi connectivity index (χ3v) is 5.32. The summed E-state index contributed by atoms with van der Waals surface area (Å²) in [4.78, 5) is 2.07. The van der Waals surface area contributed by atoms with Crippen molar-refractivity contribution in [1.29, 1.82) is 0 Å². The van der Waals surface area contributed by atoms with Crippen LogP contribution in [0.1, 0.15) is 19.3 Å². The van der Waals surface area contributed by atoms with Crippen molar-refractivity contribution in [2.45, 2.75) is 36.4 Å². The molecule has 116 valence electrons. The van der Waals surface area contributed by atoms with E-state index in [-0.39, 0.29) is 23.0 Å². The number of nitrogens with two attached hydrogens (primary N) is 1. The largest absolute Gasteiger partial charge is 0.486 e. The highest BCUT2D eigenvalue weighted by Gasteiger charge is 2.37. The first-order valence-electron chi connectivity index (χ1n) is 7.09. The Morgan fingerprint density at radius 3 is 2.76 bits per heavy atom. The van der Waals surface area contributed by atoms with Crippen LogP contribution in [0.25, 0.3) is 0 Å². The summed E-state index contributed by atoms with van der Waals surface area (Å²) < 4.78 is 28.9. The third-order valence-electron chi connectivity index (χ3n) is 4.41. The summed E-state index contributed by atoms with van der Waals surface area (Å²) in [5.41, 5.74) is 0.839. The Labute approximate surface area is 124 Å². The highest BCUT2D eigenvalue weighted by Crippen LogP contribution is 2.39. The minimum Gasteiger partial charge on any atom is -0.486 e. The number of aliphatic hydroxyl groups excluding tert-OH is 1. The fraction of sp³-hybridized carbons (Fsp3) is 0.571. The van der Waals surface area contributed by atoms with Gasteiger partial charge in [-0.2, -0.15) is 0 Å². The Hall–Kier alpha value is -1.31. The molecule has 1 unspecified atom stereocenters. The normalized spacial score (nSPS) is 29.1. The molecule has 1 aliphatic heterocycles. The summed E-state index contributed by atoms with van der Waals surface area (Å²) in [6, 6.07) is 4.66. The topological polar surface area (TPSA) is 92.9 Å². The van der Waals surface area contributed by atoms with E-state index in [0.717, 1.165) is 24.9 Å². The molecule has 1 aromatic rings. The molecule has 0 amide bonds. The average molecular weight is 312 g/mol. The number of fused-ring (bicyclic) bond motifs is 1. The van der Waals surface area contributed by atoms with E-state index in [0.29, 0.717) is 12.3 Å².